The Labute approximate surface area is 140 Å². The smallest absolute Gasteiger partial charge is 0.248 e. The van der Waals surface area contributed by atoms with Gasteiger partial charge in [0, 0.05) is 17.1 Å². The minimum atomic E-state index is -0.395. The van der Waals surface area contributed by atoms with Gasteiger partial charge in [-0.1, -0.05) is 29.4 Å². The molecule has 1 aromatic heterocycles. The number of nitrogens with zero attached hydrogens (tertiary/aromatic N) is 1. The lowest BCUT2D eigenvalue weighted by molar-refractivity contribution is -0.116. The molecule has 4 rings (SSSR count). The molecule has 5 heteroatoms. The van der Waals surface area contributed by atoms with Crippen LogP contribution in [0.5, 0.6) is 0 Å². The highest BCUT2D eigenvalue weighted by Gasteiger charge is 2.19. The summed E-state index contributed by atoms with van der Waals surface area (Å²) in [5.74, 6) is 0.209. The quantitative estimate of drug-likeness (QED) is 0.769. The maximum atomic E-state index is 12.3. The molecule has 3 aromatic rings. The van der Waals surface area contributed by atoms with E-state index in [1.165, 1.54) is 21.9 Å². The molecule has 0 radical (unpaired) electrons. The SMILES string of the molecule is Cc1cc(NC(=O)[C@H](C)Nc2ccc3c4c(cccc24)CC3)on1. The Morgan fingerprint density at radius 3 is 2.75 bits per heavy atom. The average Bonchev–Trinajstić information content (AvgIpc) is 3.17. The molecule has 122 valence electrons. The van der Waals surface area contributed by atoms with Crippen LogP contribution < -0.4 is 10.6 Å². The van der Waals surface area contributed by atoms with Gasteiger partial charge in [-0.3, -0.25) is 10.1 Å². The Morgan fingerprint density at radius 2 is 2.00 bits per heavy atom. The number of benzene rings is 2. The van der Waals surface area contributed by atoms with Crippen LogP contribution in [0.2, 0.25) is 0 Å². The second-order valence-corrected chi connectivity index (χ2v) is 6.30. The first-order valence-corrected chi connectivity index (χ1v) is 8.16. The Balaban J connectivity index is 1.57. The van der Waals surface area contributed by atoms with Gasteiger partial charge in [0.15, 0.2) is 0 Å². The van der Waals surface area contributed by atoms with Crippen molar-refractivity contribution >= 4 is 28.3 Å². The van der Waals surface area contributed by atoms with E-state index >= 15 is 0 Å². The monoisotopic (exact) mass is 321 g/mol. The maximum Gasteiger partial charge on any atom is 0.248 e. The minimum absolute atomic E-state index is 0.158. The van der Waals surface area contributed by atoms with Gasteiger partial charge in [0.1, 0.15) is 6.04 Å². The summed E-state index contributed by atoms with van der Waals surface area (Å²) in [6, 6.07) is 11.9. The third-order valence-corrected chi connectivity index (χ3v) is 4.52. The lowest BCUT2D eigenvalue weighted by Crippen LogP contribution is -2.31. The summed E-state index contributed by atoms with van der Waals surface area (Å²) in [5, 5.41) is 12.3. The van der Waals surface area contributed by atoms with Gasteiger partial charge in [-0.05, 0) is 49.3 Å². The zero-order chi connectivity index (χ0) is 16.7. The van der Waals surface area contributed by atoms with Gasteiger partial charge in [0.2, 0.25) is 11.8 Å². The van der Waals surface area contributed by atoms with E-state index in [1.54, 1.807) is 6.07 Å². The van der Waals surface area contributed by atoms with Crippen molar-refractivity contribution < 1.29 is 9.32 Å². The number of aromatic nitrogens is 1. The van der Waals surface area contributed by atoms with Crippen molar-refractivity contribution in [2.45, 2.75) is 32.7 Å². The fraction of sp³-hybridized carbons (Fsp3) is 0.263. The molecular weight excluding hydrogens is 302 g/mol. The highest BCUT2D eigenvalue weighted by atomic mass is 16.5. The lowest BCUT2D eigenvalue weighted by Gasteiger charge is -2.16. The van der Waals surface area contributed by atoms with E-state index in [2.05, 4.69) is 46.1 Å². The normalized spacial score (nSPS) is 13.9. The highest BCUT2D eigenvalue weighted by molar-refractivity contribution is 6.02. The largest absolute Gasteiger partial charge is 0.373 e. The number of carbonyl (C=O) groups excluding carboxylic acids is 1. The van der Waals surface area contributed by atoms with Crippen LogP contribution in [-0.2, 0) is 17.6 Å². The molecule has 1 atom stereocenters. The van der Waals surface area contributed by atoms with Crippen LogP contribution in [0.1, 0.15) is 23.7 Å². The minimum Gasteiger partial charge on any atom is -0.373 e. The van der Waals surface area contributed by atoms with E-state index in [1.807, 2.05) is 13.8 Å². The van der Waals surface area contributed by atoms with E-state index in [-0.39, 0.29) is 5.91 Å². The van der Waals surface area contributed by atoms with Crippen molar-refractivity contribution in [1.29, 1.82) is 0 Å². The van der Waals surface area contributed by atoms with Crippen molar-refractivity contribution in [2.75, 3.05) is 10.6 Å². The van der Waals surface area contributed by atoms with Crippen molar-refractivity contribution in [3.63, 3.8) is 0 Å². The maximum absolute atomic E-state index is 12.3. The molecule has 0 bridgehead atoms. The third kappa shape index (κ3) is 2.52. The van der Waals surface area contributed by atoms with Crippen LogP contribution in [-0.4, -0.2) is 17.1 Å². The molecule has 2 aromatic carbocycles. The van der Waals surface area contributed by atoms with Crippen molar-refractivity contribution in [3.05, 3.63) is 53.2 Å². The molecule has 0 aliphatic heterocycles. The second kappa shape index (κ2) is 5.67. The lowest BCUT2D eigenvalue weighted by atomic mass is 10.0. The van der Waals surface area contributed by atoms with Crippen LogP contribution in [0, 0.1) is 6.92 Å². The third-order valence-electron chi connectivity index (χ3n) is 4.52. The number of hydrogen-bond acceptors (Lipinski definition) is 4. The molecule has 1 amide bonds. The van der Waals surface area contributed by atoms with E-state index in [9.17, 15) is 4.79 Å². The number of rotatable bonds is 4. The fourth-order valence-electron chi connectivity index (χ4n) is 3.32. The van der Waals surface area contributed by atoms with Crippen molar-refractivity contribution in [2.24, 2.45) is 0 Å². The summed E-state index contributed by atoms with van der Waals surface area (Å²) < 4.78 is 5.04. The molecule has 0 unspecified atom stereocenters. The van der Waals surface area contributed by atoms with E-state index in [0.717, 1.165) is 24.2 Å². The zero-order valence-electron chi connectivity index (χ0n) is 13.7. The fourth-order valence-corrected chi connectivity index (χ4v) is 3.32. The number of hydrogen-bond donors (Lipinski definition) is 2. The van der Waals surface area contributed by atoms with E-state index in [4.69, 9.17) is 4.52 Å². The second-order valence-electron chi connectivity index (χ2n) is 6.30. The first kappa shape index (κ1) is 14.8. The van der Waals surface area contributed by atoms with E-state index < -0.39 is 6.04 Å². The first-order valence-electron chi connectivity index (χ1n) is 8.16. The van der Waals surface area contributed by atoms with Crippen LogP contribution in [0.3, 0.4) is 0 Å². The Morgan fingerprint density at radius 1 is 1.21 bits per heavy atom. The van der Waals surface area contributed by atoms with Gasteiger partial charge >= 0.3 is 0 Å². The molecule has 0 fully saturated rings. The van der Waals surface area contributed by atoms with Gasteiger partial charge < -0.3 is 9.84 Å². The molecule has 1 aliphatic carbocycles. The van der Waals surface area contributed by atoms with Crippen LogP contribution in [0.25, 0.3) is 10.8 Å². The number of carbonyl (C=O) groups is 1. The Hall–Kier alpha value is -2.82. The van der Waals surface area contributed by atoms with E-state index in [0.29, 0.717) is 5.88 Å². The number of amides is 1. The van der Waals surface area contributed by atoms with Crippen LogP contribution in [0.4, 0.5) is 11.6 Å². The summed E-state index contributed by atoms with van der Waals surface area (Å²) in [6.45, 7) is 3.65. The summed E-state index contributed by atoms with van der Waals surface area (Å²) in [5.41, 5.74) is 4.49. The topological polar surface area (TPSA) is 67.2 Å². The standard InChI is InChI=1S/C19H19N3O2/c1-11-10-17(24-22-11)21-19(23)12(2)20-16-9-8-14-7-6-13-4-3-5-15(16)18(13)14/h3-5,8-10,12,20H,6-7H2,1-2H3,(H,21,23)/t12-/m0/s1. The van der Waals surface area contributed by atoms with Gasteiger partial charge in [0.05, 0.1) is 5.69 Å². The average molecular weight is 321 g/mol. The summed E-state index contributed by atoms with van der Waals surface area (Å²) in [6.07, 6.45) is 2.19. The number of anilines is 2. The summed E-state index contributed by atoms with van der Waals surface area (Å²) >= 11 is 0. The van der Waals surface area contributed by atoms with Crippen molar-refractivity contribution in [1.82, 2.24) is 5.16 Å². The predicted molar refractivity (Wildman–Crippen MR) is 94.3 cm³/mol. The summed E-state index contributed by atoms with van der Waals surface area (Å²) in [7, 11) is 0. The Bertz CT molecular complexity index is 919. The molecule has 0 saturated carbocycles. The van der Waals surface area contributed by atoms with Gasteiger partial charge in [0.25, 0.3) is 0 Å². The molecule has 24 heavy (non-hydrogen) atoms. The number of aryl methyl sites for hydroxylation is 3. The van der Waals surface area contributed by atoms with Gasteiger partial charge in [-0.25, -0.2) is 0 Å². The molecule has 0 spiro atoms. The van der Waals surface area contributed by atoms with Gasteiger partial charge in [-0.15, -0.1) is 0 Å². The highest BCUT2D eigenvalue weighted by Crippen LogP contribution is 2.35. The zero-order valence-corrected chi connectivity index (χ0v) is 13.7. The molecule has 5 nitrogen and oxygen atoms in total. The van der Waals surface area contributed by atoms with Crippen molar-refractivity contribution in [3.8, 4) is 0 Å². The van der Waals surface area contributed by atoms with Crippen LogP contribution >= 0.6 is 0 Å². The molecule has 2 N–H and O–H groups in total. The molecule has 0 saturated heterocycles. The Kier molecular flexibility index (Phi) is 3.49. The van der Waals surface area contributed by atoms with Crippen LogP contribution in [0.15, 0.2) is 40.9 Å². The summed E-state index contributed by atoms with van der Waals surface area (Å²) in [4.78, 5) is 12.3. The molecule has 1 heterocycles. The molecular formula is C19H19N3O2. The number of nitrogens with one attached hydrogen (secondary N) is 2. The predicted octanol–water partition coefficient (Wildman–Crippen LogP) is 3.67. The van der Waals surface area contributed by atoms with Gasteiger partial charge in [-0.2, -0.15) is 0 Å². The molecule has 1 aliphatic rings. The first-order chi connectivity index (χ1) is 11.6.